The van der Waals surface area contributed by atoms with Crippen molar-refractivity contribution in [2.45, 2.75) is 5.92 Å². The molecule has 0 saturated carbocycles. The van der Waals surface area contributed by atoms with E-state index in [-0.39, 0.29) is 6.07 Å². The smallest absolute Gasteiger partial charge is 0.288 e. The SMILES string of the molecule is NCC(F)(F)c1cc(F)c(F)c(F)c1F. The second kappa shape index (κ2) is 3.73. The molecular weight excluding hydrogens is 224 g/mol. The molecule has 0 radical (unpaired) electrons. The monoisotopic (exact) mass is 229 g/mol. The van der Waals surface area contributed by atoms with Gasteiger partial charge in [-0.1, -0.05) is 0 Å². The summed E-state index contributed by atoms with van der Waals surface area (Å²) in [6.07, 6.45) is 0. The first-order chi connectivity index (χ1) is 6.81. The Balaban J connectivity index is 3.45. The standard InChI is InChI=1S/C8H5F6N/c9-4-1-3(8(13,14)2-15)5(10)7(12)6(4)11/h1H,2,15H2. The van der Waals surface area contributed by atoms with Gasteiger partial charge in [0.1, 0.15) is 0 Å². The van der Waals surface area contributed by atoms with Crippen LogP contribution < -0.4 is 5.73 Å². The Kier molecular flexibility index (Phi) is 2.94. The molecule has 0 aliphatic heterocycles. The van der Waals surface area contributed by atoms with E-state index in [1.807, 2.05) is 0 Å². The summed E-state index contributed by atoms with van der Waals surface area (Å²) in [7, 11) is 0. The Morgan fingerprint density at radius 3 is 2.00 bits per heavy atom. The molecule has 1 rings (SSSR count). The molecule has 84 valence electrons. The second-order valence-electron chi connectivity index (χ2n) is 2.76. The van der Waals surface area contributed by atoms with Gasteiger partial charge in [-0.2, -0.15) is 8.78 Å². The Labute approximate surface area is 80.5 Å². The molecule has 0 amide bonds. The minimum absolute atomic E-state index is 0.111. The van der Waals surface area contributed by atoms with Crippen molar-refractivity contribution in [1.29, 1.82) is 0 Å². The Morgan fingerprint density at radius 2 is 1.53 bits per heavy atom. The van der Waals surface area contributed by atoms with Crippen LogP contribution in [0.4, 0.5) is 26.3 Å². The van der Waals surface area contributed by atoms with Crippen molar-refractivity contribution in [2.24, 2.45) is 5.73 Å². The first-order valence-corrected chi connectivity index (χ1v) is 3.72. The molecule has 0 bridgehead atoms. The first kappa shape index (κ1) is 11.8. The highest BCUT2D eigenvalue weighted by molar-refractivity contribution is 5.26. The third kappa shape index (κ3) is 1.92. The van der Waals surface area contributed by atoms with E-state index >= 15 is 0 Å². The average Bonchev–Trinajstić information content (AvgIpc) is 2.20. The van der Waals surface area contributed by atoms with Gasteiger partial charge in [0.05, 0.1) is 12.1 Å². The van der Waals surface area contributed by atoms with E-state index in [4.69, 9.17) is 0 Å². The molecule has 0 atom stereocenters. The van der Waals surface area contributed by atoms with Crippen molar-refractivity contribution >= 4 is 0 Å². The maximum atomic E-state index is 12.8. The van der Waals surface area contributed by atoms with Crippen molar-refractivity contribution < 1.29 is 26.3 Å². The summed E-state index contributed by atoms with van der Waals surface area (Å²) in [6, 6.07) is -0.111. The van der Waals surface area contributed by atoms with E-state index in [0.717, 1.165) is 0 Å². The van der Waals surface area contributed by atoms with Crippen molar-refractivity contribution in [3.63, 3.8) is 0 Å². The lowest BCUT2D eigenvalue weighted by Gasteiger charge is -2.15. The van der Waals surface area contributed by atoms with Crippen LogP contribution in [0.5, 0.6) is 0 Å². The van der Waals surface area contributed by atoms with Crippen LogP contribution in [0, 0.1) is 23.3 Å². The highest BCUT2D eigenvalue weighted by Gasteiger charge is 2.36. The lowest BCUT2D eigenvalue weighted by Crippen LogP contribution is -2.27. The molecule has 0 fully saturated rings. The van der Waals surface area contributed by atoms with Crippen LogP contribution in [0.3, 0.4) is 0 Å². The van der Waals surface area contributed by atoms with Crippen LogP contribution >= 0.6 is 0 Å². The molecule has 0 heterocycles. The highest BCUT2D eigenvalue weighted by atomic mass is 19.3. The number of rotatable bonds is 2. The maximum Gasteiger partial charge on any atom is 0.288 e. The summed E-state index contributed by atoms with van der Waals surface area (Å²) in [4.78, 5) is 0. The topological polar surface area (TPSA) is 26.0 Å². The van der Waals surface area contributed by atoms with Gasteiger partial charge in [0.2, 0.25) is 0 Å². The van der Waals surface area contributed by atoms with Gasteiger partial charge in [-0.15, -0.1) is 0 Å². The summed E-state index contributed by atoms with van der Waals surface area (Å²) < 4.78 is 75.9. The van der Waals surface area contributed by atoms with Gasteiger partial charge in [-0.3, -0.25) is 0 Å². The molecule has 1 aromatic carbocycles. The lowest BCUT2D eigenvalue weighted by atomic mass is 10.1. The van der Waals surface area contributed by atoms with Crippen LogP contribution in [-0.2, 0) is 5.92 Å². The average molecular weight is 229 g/mol. The summed E-state index contributed by atoms with van der Waals surface area (Å²) in [5.74, 6) is -12.4. The predicted octanol–water partition coefficient (Wildman–Crippen LogP) is 2.29. The van der Waals surface area contributed by atoms with E-state index in [2.05, 4.69) is 5.73 Å². The molecule has 1 nitrogen and oxygen atoms in total. The Bertz CT molecular complexity index is 389. The van der Waals surface area contributed by atoms with Crippen molar-refractivity contribution in [3.05, 3.63) is 34.9 Å². The van der Waals surface area contributed by atoms with Crippen molar-refractivity contribution in [1.82, 2.24) is 0 Å². The van der Waals surface area contributed by atoms with E-state index in [0.29, 0.717) is 0 Å². The van der Waals surface area contributed by atoms with Gasteiger partial charge in [0, 0.05) is 0 Å². The zero-order valence-electron chi connectivity index (χ0n) is 7.13. The second-order valence-corrected chi connectivity index (χ2v) is 2.76. The third-order valence-electron chi connectivity index (χ3n) is 1.75. The molecule has 1 aromatic rings. The van der Waals surface area contributed by atoms with Gasteiger partial charge in [-0.25, -0.2) is 17.6 Å². The number of benzene rings is 1. The third-order valence-corrected chi connectivity index (χ3v) is 1.75. The summed E-state index contributed by atoms with van der Waals surface area (Å²) in [5, 5.41) is 0. The molecule has 2 N–H and O–H groups in total. The van der Waals surface area contributed by atoms with E-state index in [9.17, 15) is 26.3 Å². The molecule has 0 spiro atoms. The van der Waals surface area contributed by atoms with Gasteiger partial charge < -0.3 is 5.73 Å². The van der Waals surface area contributed by atoms with Crippen molar-refractivity contribution in [3.8, 4) is 0 Å². The fourth-order valence-corrected chi connectivity index (χ4v) is 0.949. The molecule has 15 heavy (non-hydrogen) atoms. The van der Waals surface area contributed by atoms with E-state index in [1.54, 1.807) is 0 Å². The minimum Gasteiger partial charge on any atom is -0.325 e. The molecular formula is C8H5F6N. The van der Waals surface area contributed by atoms with Crippen LogP contribution in [0.15, 0.2) is 6.07 Å². The lowest BCUT2D eigenvalue weighted by molar-refractivity contribution is 0.00111. The van der Waals surface area contributed by atoms with Crippen LogP contribution in [0.25, 0.3) is 0 Å². The quantitative estimate of drug-likeness (QED) is 0.470. The first-order valence-electron chi connectivity index (χ1n) is 3.72. The number of alkyl halides is 2. The fourth-order valence-electron chi connectivity index (χ4n) is 0.949. The van der Waals surface area contributed by atoms with Gasteiger partial charge in [0.25, 0.3) is 5.92 Å². The van der Waals surface area contributed by atoms with Crippen LogP contribution in [0.1, 0.15) is 5.56 Å². The minimum atomic E-state index is -3.94. The maximum absolute atomic E-state index is 12.8. The predicted molar refractivity (Wildman–Crippen MR) is 39.2 cm³/mol. The van der Waals surface area contributed by atoms with E-state index in [1.165, 1.54) is 0 Å². The zero-order chi connectivity index (χ0) is 11.8. The molecule has 7 heteroatoms. The molecule has 0 aliphatic carbocycles. The van der Waals surface area contributed by atoms with Crippen molar-refractivity contribution in [2.75, 3.05) is 6.54 Å². The molecule has 0 unspecified atom stereocenters. The summed E-state index contributed by atoms with van der Waals surface area (Å²) >= 11 is 0. The summed E-state index contributed by atoms with van der Waals surface area (Å²) in [6.45, 7) is -1.34. The number of hydrogen-bond acceptors (Lipinski definition) is 1. The van der Waals surface area contributed by atoms with Crippen LogP contribution in [0.2, 0.25) is 0 Å². The highest BCUT2D eigenvalue weighted by Crippen LogP contribution is 2.31. The van der Waals surface area contributed by atoms with E-state index < -0.39 is 41.3 Å². The molecule has 0 aromatic heterocycles. The van der Waals surface area contributed by atoms with Gasteiger partial charge >= 0.3 is 0 Å². The molecule has 0 aliphatic rings. The Morgan fingerprint density at radius 1 is 1.00 bits per heavy atom. The number of nitrogens with two attached hydrogens (primary N) is 1. The fraction of sp³-hybridized carbons (Fsp3) is 0.250. The number of hydrogen-bond donors (Lipinski definition) is 1. The van der Waals surface area contributed by atoms with Gasteiger partial charge in [0.15, 0.2) is 23.3 Å². The summed E-state index contributed by atoms with van der Waals surface area (Å²) in [5.41, 5.74) is 2.99. The molecule has 0 saturated heterocycles. The largest absolute Gasteiger partial charge is 0.325 e. The van der Waals surface area contributed by atoms with Crippen LogP contribution in [-0.4, -0.2) is 6.54 Å². The Hall–Kier alpha value is -1.24. The normalized spacial score (nSPS) is 11.9. The number of halogens is 6. The zero-order valence-corrected chi connectivity index (χ0v) is 7.13. The van der Waals surface area contributed by atoms with Gasteiger partial charge in [-0.05, 0) is 6.07 Å².